The molecular formula is C14H22N4O2. The van der Waals surface area contributed by atoms with Gasteiger partial charge in [0.25, 0.3) is 5.91 Å². The van der Waals surface area contributed by atoms with Crippen LogP contribution < -0.4 is 5.32 Å². The lowest BCUT2D eigenvalue weighted by Gasteiger charge is -2.23. The third-order valence-corrected chi connectivity index (χ3v) is 4.19. The van der Waals surface area contributed by atoms with E-state index in [9.17, 15) is 4.79 Å². The second kappa shape index (κ2) is 5.83. The fraction of sp³-hybridized carbons (Fsp3) is 0.714. The highest BCUT2D eigenvalue weighted by Gasteiger charge is 2.30. The number of aliphatic hydroxyl groups excluding tert-OH is 1. The molecule has 1 saturated heterocycles. The molecule has 2 aliphatic heterocycles. The van der Waals surface area contributed by atoms with Crippen molar-refractivity contribution in [2.24, 2.45) is 0 Å². The van der Waals surface area contributed by atoms with Gasteiger partial charge in [0.2, 0.25) is 5.95 Å². The summed E-state index contributed by atoms with van der Waals surface area (Å²) in [7, 11) is 0. The first kappa shape index (κ1) is 13.4. The molecule has 0 bridgehead atoms. The summed E-state index contributed by atoms with van der Waals surface area (Å²) in [5, 5.41) is 12.2. The first-order valence-electron chi connectivity index (χ1n) is 7.52. The van der Waals surface area contributed by atoms with Gasteiger partial charge < -0.3 is 19.9 Å². The molecule has 1 unspecified atom stereocenters. The number of imidazole rings is 1. The summed E-state index contributed by atoms with van der Waals surface area (Å²) in [6, 6.07) is 0.265. The van der Waals surface area contributed by atoms with Gasteiger partial charge in [-0.3, -0.25) is 4.79 Å². The molecule has 1 aromatic rings. The molecule has 1 atom stereocenters. The number of likely N-dealkylation sites (tertiary alicyclic amines) is 1. The lowest BCUT2D eigenvalue weighted by molar-refractivity contribution is 0.0719. The van der Waals surface area contributed by atoms with E-state index in [0.29, 0.717) is 5.69 Å². The van der Waals surface area contributed by atoms with Crippen molar-refractivity contribution in [1.82, 2.24) is 14.5 Å². The van der Waals surface area contributed by atoms with Gasteiger partial charge in [-0.25, -0.2) is 4.98 Å². The Kier molecular flexibility index (Phi) is 3.91. The van der Waals surface area contributed by atoms with E-state index in [1.54, 1.807) is 0 Å². The van der Waals surface area contributed by atoms with Gasteiger partial charge in [0.15, 0.2) is 0 Å². The maximum absolute atomic E-state index is 12.6. The average Bonchev–Trinajstić information content (AvgIpc) is 3.10. The minimum Gasteiger partial charge on any atom is -0.396 e. The maximum atomic E-state index is 12.6. The number of aryl methyl sites for hydroxylation is 1. The van der Waals surface area contributed by atoms with Crippen molar-refractivity contribution in [1.29, 1.82) is 0 Å². The molecular weight excluding hydrogens is 256 g/mol. The summed E-state index contributed by atoms with van der Waals surface area (Å²) in [5.41, 5.74) is 0.547. The van der Waals surface area contributed by atoms with Crippen molar-refractivity contribution in [3.8, 4) is 0 Å². The van der Waals surface area contributed by atoms with Crippen molar-refractivity contribution in [2.75, 3.05) is 25.0 Å². The molecule has 6 heteroatoms. The van der Waals surface area contributed by atoms with E-state index in [0.717, 1.165) is 57.7 Å². The SMILES string of the molecule is O=C(c1cn2c(n1)NCCC2)N1CCCC1CCCO. The van der Waals surface area contributed by atoms with Gasteiger partial charge in [0.1, 0.15) is 5.69 Å². The Morgan fingerprint density at radius 2 is 2.35 bits per heavy atom. The van der Waals surface area contributed by atoms with Gasteiger partial charge in [-0.1, -0.05) is 0 Å². The Morgan fingerprint density at radius 3 is 3.15 bits per heavy atom. The normalized spacial score (nSPS) is 21.6. The highest BCUT2D eigenvalue weighted by Crippen LogP contribution is 2.24. The van der Waals surface area contributed by atoms with Crippen molar-refractivity contribution < 1.29 is 9.90 Å². The molecule has 1 amide bonds. The largest absolute Gasteiger partial charge is 0.396 e. The molecule has 0 saturated carbocycles. The number of carbonyl (C=O) groups is 1. The van der Waals surface area contributed by atoms with E-state index < -0.39 is 0 Å². The summed E-state index contributed by atoms with van der Waals surface area (Å²) >= 11 is 0. The summed E-state index contributed by atoms with van der Waals surface area (Å²) in [6.45, 7) is 2.86. The van der Waals surface area contributed by atoms with Crippen LogP contribution in [-0.2, 0) is 6.54 Å². The summed E-state index contributed by atoms with van der Waals surface area (Å²) in [6.07, 6.45) is 6.67. The van der Waals surface area contributed by atoms with Crippen LogP contribution in [0.3, 0.4) is 0 Å². The lowest BCUT2D eigenvalue weighted by Crippen LogP contribution is -2.35. The van der Waals surface area contributed by atoms with E-state index in [1.165, 1.54) is 0 Å². The first-order valence-corrected chi connectivity index (χ1v) is 7.52. The molecule has 0 aromatic carbocycles. The molecule has 1 aromatic heterocycles. The van der Waals surface area contributed by atoms with Crippen molar-refractivity contribution in [3.05, 3.63) is 11.9 Å². The van der Waals surface area contributed by atoms with E-state index in [-0.39, 0.29) is 18.6 Å². The number of rotatable bonds is 4. The molecule has 0 aliphatic carbocycles. The number of amides is 1. The summed E-state index contributed by atoms with van der Waals surface area (Å²) in [4.78, 5) is 19.0. The number of fused-ring (bicyclic) bond motifs is 1. The number of aromatic nitrogens is 2. The molecule has 3 heterocycles. The standard InChI is InChI=1S/C14H22N4O2/c19-9-2-5-11-4-1-8-18(11)13(20)12-10-17-7-3-6-15-14(17)16-12/h10-11,19H,1-9H2,(H,15,16). The van der Waals surface area contributed by atoms with Crippen LogP contribution in [0.4, 0.5) is 5.95 Å². The molecule has 3 rings (SSSR count). The third-order valence-electron chi connectivity index (χ3n) is 4.19. The van der Waals surface area contributed by atoms with Crippen LogP contribution in [0, 0.1) is 0 Å². The minimum atomic E-state index is 0.0362. The Bertz CT molecular complexity index is 462. The zero-order chi connectivity index (χ0) is 13.9. The summed E-state index contributed by atoms with van der Waals surface area (Å²) in [5.74, 6) is 0.847. The Labute approximate surface area is 118 Å². The number of hydrogen-bond acceptors (Lipinski definition) is 4. The zero-order valence-corrected chi connectivity index (χ0v) is 11.7. The van der Waals surface area contributed by atoms with Gasteiger partial charge in [0.05, 0.1) is 0 Å². The quantitative estimate of drug-likeness (QED) is 0.864. The van der Waals surface area contributed by atoms with Crippen LogP contribution in [-0.4, -0.2) is 51.2 Å². The van der Waals surface area contributed by atoms with E-state index in [2.05, 4.69) is 10.3 Å². The van der Waals surface area contributed by atoms with Gasteiger partial charge in [-0.15, -0.1) is 0 Å². The zero-order valence-electron chi connectivity index (χ0n) is 11.7. The number of carbonyl (C=O) groups excluding carboxylic acids is 1. The molecule has 2 aliphatic rings. The highest BCUT2D eigenvalue weighted by molar-refractivity contribution is 5.93. The fourth-order valence-electron chi connectivity index (χ4n) is 3.16. The minimum absolute atomic E-state index is 0.0362. The monoisotopic (exact) mass is 278 g/mol. The Morgan fingerprint density at radius 1 is 1.45 bits per heavy atom. The molecule has 20 heavy (non-hydrogen) atoms. The highest BCUT2D eigenvalue weighted by atomic mass is 16.3. The van der Waals surface area contributed by atoms with Crippen LogP contribution >= 0.6 is 0 Å². The van der Waals surface area contributed by atoms with Crippen LogP contribution in [0.5, 0.6) is 0 Å². The van der Waals surface area contributed by atoms with Crippen LogP contribution in [0.15, 0.2) is 6.20 Å². The number of hydrogen-bond donors (Lipinski definition) is 2. The van der Waals surface area contributed by atoms with E-state index in [1.807, 2.05) is 15.7 Å². The predicted octanol–water partition coefficient (Wildman–Crippen LogP) is 1.08. The number of anilines is 1. The van der Waals surface area contributed by atoms with Crippen molar-refractivity contribution in [3.63, 3.8) is 0 Å². The van der Waals surface area contributed by atoms with E-state index >= 15 is 0 Å². The summed E-state index contributed by atoms with van der Waals surface area (Å²) < 4.78 is 2.02. The van der Waals surface area contributed by atoms with Gasteiger partial charge in [-0.2, -0.15) is 0 Å². The molecule has 2 N–H and O–H groups in total. The van der Waals surface area contributed by atoms with Gasteiger partial charge in [-0.05, 0) is 32.1 Å². The van der Waals surface area contributed by atoms with Crippen LogP contribution in [0.25, 0.3) is 0 Å². The van der Waals surface area contributed by atoms with Gasteiger partial charge in [0, 0.05) is 38.5 Å². The van der Waals surface area contributed by atoms with Crippen molar-refractivity contribution in [2.45, 2.75) is 44.7 Å². The van der Waals surface area contributed by atoms with Gasteiger partial charge >= 0.3 is 0 Å². The Balaban J connectivity index is 1.72. The smallest absolute Gasteiger partial charge is 0.274 e. The average molecular weight is 278 g/mol. The molecule has 1 fully saturated rings. The number of nitrogens with one attached hydrogen (secondary N) is 1. The lowest BCUT2D eigenvalue weighted by atomic mass is 10.1. The predicted molar refractivity (Wildman–Crippen MR) is 75.7 cm³/mol. The topological polar surface area (TPSA) is 70.4 Å². The number of aliphatic hydroxyl groups is 1. The Hall–Kier alpha value is -1.56. The van der Waals surface area contributed by atoms with Crippen LogP contribution in [0.1, 0.15) is 42.6 Å². The first-order chi connectivity index (χ1) is 9.79. The molecule has 6 nitrogen and oxygen atoms in total. The third kappa shape index (κ3) is 2.52. The molecule has 110 valence electrons. The molecule has 0 radical (unpaired) electrons. The van der Waals surface area contributed by atoms with E-state index in [4.69, 9.17) is 5.11 Å². The van der Waals surface area contributed by atoms with Crippen molar-refractivity contribution >= 4 is 11.9 Å². The fourth-order valence-corrected chi connectivity index (χ4v) is 3.16. The van der Waals surface area contributed by atoms with Crippen LogP contribution in [0.2, 0.25) is 0 Å². The maximum Gasteiger partial charge on any atom is 0.274 e. The second-order valence-corrected chi connectivity index (χ2v) is 5.58. The number of nitrogens with zero attached hydrogens (tertiary/aromatic N) is 3. The second-order valence-electron chi connectivity index (χ2n) is 5.58. The molecule has 0 spiro atoms.